The Morgan fingerprint density at radius 1 is 1.26 bits per heavy atom. The molecule has 0 radical (unpaired) electrons. The Kier molecular flexibility index (Phi) is 3.82. The average molecular weight is 305 g/mol. The van der Waals surface area contributed by atoms with Crippen LogP contribution in [0.3, 0.4) is 0 Å². The van der Waals surface area contributed by atoms with Crippen LogP contribution in [0.15, 0.2) is 40.8 Å². The van der Waals surface area contributed by atoms with E-state index < -0.39 is 0 Å². The van der Waals surface area contributed by atoms with E-state index in [2.05, 4.69) is 10.3 Å². The number of carbonyl (C=O) groups excluding carboxylic acids is 1. The predicted molar refractivity (Wildman–Crippen MR) is 87.8 cm³/mol. The first-order valence-corrected chi connectivity index (χ1v) is 7.22. The van der Waals surface area contributed by atoms with Crippen LogP contribution in [0.5, 0.6) is 0 Å². The zero-order valence-corrected chi connectivity index (χ0v) is 12.9. The van der Waals surface area contributed by atoms with Gasteiger partial charge in [0.25, 0.3) is 0 Å². The summed E-state index contributed by atoms with van der Waals surface area (Å²) < 4.78 is 5.81. The second-order valence-corrected chi connectivity index (χ2v) is 5.40. The second-order valence-electron chi connectivity index (χ2n) is 5.40. The van der Waals surface area contributed by atoms with Crippen molar-refractivity contribution in [1.29, 1.82) is 5.26 Å². The molecule has 23 heavy (non-hydrogen) atoms. The van der Waals surface area contributed by atoms with Gasteiger partial charge in [-0.15, -0.1) is 0 Å². The van der Waals surface area contributed by atoms with E-state index in [4.69, 9.17) is 9.68 Å². The van der Waals surface area contributed by atoms with Gasteiger partial charge >= 0.3 is 0 Å². The molecule has 1 amide bonds. The molecule has 0 aliphatic carbocycles. The number of nitrogens with zero attached hydrogens (tertiary/aromatic N) is 2. The Morgan fingerprint density at radius 2 is 2.09 bits per heavy atom. The van der Waals surface area contributed by atoms with Gasteiger partial charge in [-0.1, -0.05) is 12.1 Å². The molecule has 0 aliphatic rings. The molecule has 0 aliphatic heterocycles. The van der Waals surface area contributed by atoms with Gasteiger partial charge in [0.2, 0.25) is 11.8 Å². The summed E-state index contributed by atoms with van der Waals surface area (Å²) in [6.45, 7) is 3.89. The molecule has 0 saturated heterocycles. The third kappa shape index (κ3) is 3.06. The number of anilines is 1. The van der Waals surface area contributed by atoms with Gasteiger partial charge in [0, 0.05) is 11.3 Å². The van der Waals surface area contributed by atoms with Crippen molar-refractivity contribution in [2.45, 2.75) is 20.3 Å². The fourth-order valence-electron chi connectivity index (χ4n) is 2.31. The fraction of sp³-hybridized carbons (Fsp3) is 0.167. The van der Waals surface area contributed by atoms with Crippen LogP contribution in [0, 0.1) is 25.2 Å². The maximum Gasteiger partial charge on any atom is 0.238 e. The van der Waals surface area contributed by atoms with Gasteiger partial charge in [-0.05, 0) is 49.2 Å². The van der Waals surface area contributed by atoms with Gasteiger partial charge in [-0.25, -0.2) is 4.98 Å². The Bertz CT molecular complexity index is 935. The van der Waals surface area contributed by atoms with Crippen molar-refractivity contribution in [3.8, 4) is 17.5 Å². The Hall–Kier alpha value is -3.13. The van der Waals surface area contributed by atoms with Crippen LogP contribution >= 0.6 is 0 Å². The minimum atomic E-state index is -0.332. The van der Waals surface area contributed by atoms with E-state index in [1.807, 2.05) is 56.3 Å². The third-order valence-electron chi connectivity index (χ3n) is 3.54. The number of aryl methyl sites for hydroxylation is 2. The molecule has 1 N–H and O–H groups in total. The van der Waals surface area contributed by atoms with Crippen LogP contribution < -0.4 is 5.32 Å². The van der Waals surface area contributed by atoms with E-state index in [1.54, 1.807) is 0 Å². The molecule has 5 heteroatoms. The van der Waals surface area contributed by atoms with Crippen molar-refractivity contribution in [2.75, 3.05) is 5.32 Å². The van der Waals surface area contributed by atoms with Gasteiger partial charge in [-0.3, -0.25) is 4.79 Å². The van der Waals surface area contributed by atoms with Crippen LogP contribution in [-0.2, 0) is 4.79 Å². The molecule has 0 unspecified atom stereocenters. The number of hydrogen-bond donors (Lipinski definition) is 1. The van der Waals surface area contributed by atoms with E-state index in [-0.39, 0.29) is 12.3 Å². The van der Waals surface area contributed by atoms with Crippen LogP contribution in [0.1, 0.15) is 17.5 Å². The van der Waals surface area contributed by atoms with Gasteiger partial charge < -0.3 is 9.73 Å². The lowest BCUT2D eigenvalue weighted by atomic mass is 10.1. The number of rotatable bonds is 3. The smallest absolute Gasteiger partial charge is 0.238 e. The molecule has 0 spiro atoms. The lowest BCUT2D eigenvalue weighted by molar-refractivity contribution is -0.115. The SMILES string of the molecule is Cc1ccc2nc(-c3ccc(C)c(NC(=O)CC#N)c3)oc2c1. The first-order chi connectivity index (χ1) is 11.1. The van der Waals surface area contributed by atoms with Gasteiger partial charge in [0.05, 0.1) is 6.07 Å². The number of benzene rings is 2. The highest BCUT2D eigenvalue weighted by molar-refractivity contribution is 5.93. The maximum atomic E-state index is 11.6. The quantitative estimate of drug-likeness (QED) is 0.794. The summed E-state index contributed by atoms with van der Waals surface area (Å²) in [5.41, 5.74) is 4.97. The van der Waals surface area contributed by atoms with E-state index in [0.29, 0.717) is 11.6 Å². The average Bonchev–Trinajstić information content (AvgIpc) is 2.92. The maximum absolute atomic E-state index is 11.6. The van der Waals surface area contributed by atoms with Crippen molar-refractivity contribution in [2.24, 2.45) is 0 Å². The number of oxazole rings is 1. The molecule has 3 aromatic rings. The standard InChI is InChI=1S/C18H15N3O2/c1-11-3-6-14-16(9-11)23-18(21-14)13-5-4-12(2)15(10-13)20-17(22)7-8-19/h3-6,9-10H,7H2,1-2H3,(H,20,22). The number of nitriles is 1. The van der Waals surface area contributed by atoms with Crippen LogP contribution in [0.4, 0.5) is 5.69 Å². The summed E-state index contributed by atoms with van der Waals surface area (Å²) in [5, 5.41) is 11.3. The highest BCUT2D eigenvalue weighted by Crippen LogP contribution is 2.28. The van der Waals surface area contributed by atoms with E-state index in [9.17, 15) is 4.79 Å². The summed E-state index contributed by atoms with van der Waals surface area (Å²) in [4.78, 5) is 16.1. The van der Waals surface area contributed by atoms with Crippen LogP contribution in [-0.4, -0.2) is 10.9 Å². The lowest BCUT2D eigenvalue weighted by Gasteiger charge is -2.08. The largest absolute Gasteiger partial charge is 0.436 e. The minimum absolute atomic E-state index is 0.175. The number of amides is 1. The number of fused-ring (bicyclic) bond motifs is 1. The predicted octanol–water partition coefficient (Wildman–Crippen LogP) is 3.96. The van der Waals surface area contributed by atoms with E-state index in [0.717, 1.165) is 27.8 Å². The Balaban J connectivity index is 1.98. The summed E-state index contributed by atoms with van der Waals surface area (Å²) in [5.74, 6) is 0.169. The lowest BCUT2D eigenvalue weighted by Crippen LogP contribution is -2.11. The number of hydrogen-bond acceptors (Lipinski definition) is 4. The number of aromatic nitrogens is 1. The summed E-state index contributed by atoms with van der Waals surface area (Å²) in [6, 6.07) is 13.3. The van der Waals surface area contributed by atoms with Crippen molar-refractivity contribution in [3.05, 3.63) is 47.5 Å². The minimum Gasteiger partial charge on any atom is -0.436 e. The zero-order chi connectivity index (χ0) is 16.4. The third-order valence-corrected chi connectivity index (χ3v) is 3.54. The monoisotopic (exact) mass is 305 g/mol. The molecule has 3 rings (SSSR count). The second kappa shape index (κ2) is 5.93. The van der Waals surface area contributed by atoms with Crippen molar-refractivity contribution < 1.29 is 9.21 Å². The summed E-state index contributed by atoms with van der Waals surface area (Å²) in [7, 11) is 0. The normalized spacial score (nSPS) is 10.5. The molecular weight excluding hydrogens is 290 g/mol. The highest BCUT2D eigenvalue weighted by Gasteiger charge is 2.11. The van der Waals surface area contributed by atoms with Crippen molar-refractivity contribution in [3.63, 3.8) is 0 Å². The zero-order valence-electron chi connectivity index (χ0n) is 12.9. The molecule has 1 heterocycles. The Labute approximate surface area is 133 Å². The highest BCUT2D eigenvalue weighted by atomic mass is 16.3. The van der Waals surface area contributed by atoms with Gasteiger partial charge in [-0.2, -0.15) is 5.26 Å². The van der Waals surface area contributed by atoms with Gasteiger partial charge in [0.15, 0.2) is 5.58 Å². The van der Waals surface area contributed by atoms with Crippen molar-refractivity contribution in [1.82, 2.24) is 4.98 Å². The van der Waals surface area contributed by atoms with Crippen molar-refractivity contribution >= 4 is 22.7 Å². The van der Waals surface area contributed by atoms with E-state index in [1.165, 1.54) is 0 Å². The molecule has 1 aromatic heterocycles. The summed E-state index contributed by atoms with van der Waals surface area (Å²) >= 11 is 0. The van der Waals surface area contributed by atoms with Crippen LogP contribution in [0.25, 0.3) is 22.6 Å². The molecule has 0 atom stereocenters. The molecule has 5 nitrogen and oxygen atoms in total. The van der Waals surface area contributed by atoms with E-state index >= 15 is 0 Å². The molecule has 0 fully saturated rings. The molecule has 2 aromatic carbocycles. The van der Waals surface area contributed by atoms with Crippen LogP contribution in [0.2, 0.25) is 0 Å². The van der Waals surface area contributed by atoms with Gasteiger partial charge in [0.1, 0.15) is 11.9 Å². The molecular formula is C18H15N3O2. The summed E-state index contributed by atoms with van der Waals surface area (Å²) in [6.07, 6.45) is -0.175. The number of nitrogens with one attached hydrogen (secondary N) is 1. The molecule has 114 valence electrons. The first kappa shape index (κ1) is 14.8. The first-order valence-electron chi connectivity index (χ1n) is 7.22. The topological polar surface area (TPSA) is 78.9 Å². The number of carbonyl (C=O) groups is 1. The Morgan fingerprint density at radius 3 is 2.87 bits per heavy atom. The molecule has 0 bridgehead atoms. The fourth-order valence-corrected chi connectivity index (χ4v) is 2.31. The molecule has 0 saturated carbocycles.